The van der Waals surface area contributed by atoms with Crippen molar-refractivity contribution < 1.29 is 10.2 Å². The average Bonchev–Trinajstić information content (AvgIpc) is 1.99. The maximum absolute atomic E-state index is 10.1. The highest BCUT2D eigenvalue weighted by Crippen LogP contribution is 1.90. The number of rotatable bonds is 5. The molecule has 0 amide bonds. The fourth-order valence-corrected chi connectivity index (χ4v) is 0.833. The molecule has 0 heterocycles. The van der Waals surface area contributed by atoms with Crippen molar-refractivity contribution in [2.75, 3.05) is 26.2 Å². The van der Waals surface area contributed by atoms with Crippen molar-refractivity contribution in [2.24, 2.45) is 0 Å². The molecule has 0 aromatic heterocycles. The third kappa shape index (κ3) is 3.82. The van der Waals surface area contributed by atoms with E-state index in [0.717, 1.165) is 13.1 Å². The zero-order valence-corrected chi connectivity index (χ0v) is 6.71. The third-order valence-corrected chi connectivity index (χ3v) is 1.56. The highest BCUT2D eigenvalue weighted by atomic mass is 16.3. The van der Waals surface area contributed by atoms with Crippen molar-refractivity contribution in [1.29, 1.82) is 0 Å². The van der Waals surface area contributed by atoms with E-state index >= 15 is 0 Å². The molecule has 0 fully saturated rings. The van der Waals surface area contributed by atoms with Crippen LogP contribution in [0.3, 0.4) is 0 Å². The quantitative estimate of drug-likeness (QED) is 0.598. The van der Waals surface area contributed by atoms with Crippen LogP contribution >= 0.6 is 0 Å². The Bertz CT molecular complexity index is 74.0. The maximum atomic E-state index is 10.1. The summed E-state index contributed by atoms with van der Waals surface area (Å²) in [5.74, 6) is 0. The van der Waals surface area contributed by atoms with Gasteiger partial charge >= 0.3 is 0 Å². The summed E-state index contributed by atoms with van der Waals surface area (Å²) in [7, 11) is 0. The largest absolute Gasteiger partial charge is 0.389 e. The molecule has 0 bridgehead atoms. The highest BCUT2D eigenvalue weighted by Gasteiger charge is 2.06. The Morgan fingerprint density at radius 3 is 2.20 bits per heavy atom. The van der Waals surface area contributed by atoms with E-state index in [0.29, 0.717) is 6.54 Å². The fourth-order valence-electron chi connectivity index (χ4n) is 0.833. The molecule has 1 radical (unpaired) electrons. The average molecular weight is 146 g/mol. The minimum absolute atomic E-state index is 0.392. The number of aliphatic hydroxyl groups excluding tert-OH is 1. The molecule has 0 aliphatic heterocycles. The van der Waals surface area contributed by atoms with Crippen molar-refractivity contribution >= 4 is 0 Å². The van der Waals surface area contributed by atoms with E-state index in [1.165, 1.54) is 0 Å². The summed E-state index contributed by atoms with van der Waals surface area (Å²) in [5.41, 5.74) is 0. The van der Waals surface area contributed by atoms with Crippen LogP contribution in [-0.4, -0.2) is 42.4 Å². The second-order valence-electron chi connectivity index (χ2n) is 2.31. The Hall–Kier alpha value is -0.120. The van der Waals surface area contributed by atoms with E-state index in [9.17, 15) is 5.11 Å². The van der Waals surface area contributed by atoms with Crippen LogP contribution in [0, 0.1) is 0 Å². The van der Waals surface area contributed by atoms with Gasteiger partial charge in [0.2, 0.25) is 0 Å². The van der Waals surface area contributed by atoms with Crippen molar-refractivity contribution in [3.63, 3.8) is 0 Å². The van der Waals surface area contributed by atoms with Gasteiger partial charge in [-0.2, -0.15) is 0 Å². The molecule has 0 aromatic carbocycles. The molecule has 0 aromatic rings. The topological polar surface area (TPSA) is 43.4 Å². The molecule has 61 valence electrons. The van der Waals surface area contributed by atoms with E-state index in [-0.39, 0.29) is 0 Å². The normalized spacial score (nSPS) is 14.1. The SMILES string of the molecule is CCN(CC)CC(O)C[O]. The zero-order valence-electron chi connectivity index (χ0n) is 6.71. The summed E-state index contributed by atoms with van der Waals surface area (Å²) in [5, 5.41) is 19.1. The summed E-state index contributed by atoms with van der Waals surface area (Å²) in [4.78, 5) is 2.03. The van der Waals surface area contributed by atoms with Crippen molar-refractivity contribution in [1.82, 2.24) is 4.90 Å². The van der Waals surface area contributed by atoms with Gasteiger partial charge in [-0.05, 0) is 13.1 Å². The second-order valence-corrected chi connectivity index (χ2v) is 2.31. The molecule has 0 spiro atoms. The lowest BCUT2D eigenvalue weighted by molar-refractivity contribution is 0.0319. The Labute approximate surface area is 62.3 Å². The molecule has 1 unspecified atom stereocenters. The molecule has 3 nitrogen and oxygen atoms in total. The summed E-state index contributed by atoms with van der Waals surface area (Å²) in [6.07, 6.45) is -0.695. The van der Waals surface area contributed by atoms with Gasteiger partial charge in [0.1, 0.15) is 6.61 Å². The fraction of sp³-hybridized carbons (Fsp3) is 1.00. The lowest BCUT2D eigenvalue weighted by Gasteiger charge is -2.19. The molecule has 0 aliphatic rings. The van der Waals surface area contributed by atoms with Crippen LogP contribution in [0.15, 0.2) is 0 Å². The number of aliphatic hydroxyl groups is 1. The number of hydrogen-bond donors (Lipinski definition) is 1. The molecule has 3 heteroatoms. The van der Waals surface area contributed by atoms with E-state index in [2.05, 4.69) is 0 Å². The minimum atomic E-state index is -0.695. The van der Waals surface area contributed by atoms with Gasteiger partial charge in [-0.25, -0.2) is 5.11 Å². The van der Waals surface area contributed by atoms with E-state index < -0.39 is 12.7 Å². The van der Waals surface area contributed by atoms with Crippen LogP contribution in [0.4, 0.5) is 0 Å². The van der Waals surface area contributed by atoms with E-state index in [1.54, 1.807) is 0 Å². The standard InChI is InChI=1S/C7H16NO2/c1-3-8(4-2)5-7(10)6-9/h7,10H,3-6H2,1-2H3. The van der Waals surface area contributed by atoms with Crippen molar-refractivity contribution in [2.45, 2.75) is 20.0 Å². The van der Waals surface area contributed by atoms with E-state index in [4.69, 9.17) is 5.11 Å². The van der Waals surface area contributed by atoms with Gasteiger partial charge < -0.3 is 10.0 Å². The number of nitrogens with zero attached hydrogens (tertiary/aromatic N) is 1. The monoisotopic (exact) mass is 146 g/mol. The first-order chi connectivity index (χ1) is 4.74. The molecule has 0 aliphatic carbocycles. The first kappa shape index (κ1) is 9.88. The Balaban J connectivity index is 3.41. The lowest BCUT2D eigenvalue weighted by Crippen LogP contribution is -2.33. The molecular formula is C7H16NO2. The first-order valence-electron chi connectivity index (χ1n) is 3.73. The molecular weight excluding hydrogens is 130 g/mol. The molecule has 1 N–H and O–H groups in total. The summed E-state index contributed by atoms with van der Waals surface area (Å²) < 4.78 is 0. The van der Waals surface area contributed by atoms with Gasteiger partial charge in [0, 0.05) is 6.54 Å². The van der Waals surface area contributed by atoms with Gasteiger partial charge in [0.25, 0.3) is 0 Å². The Morgan fingerprint density at radius 2 is 1.90 bits per heavy atom. The third-order valence-electron chi connectivity index (χ3n) is 1.56. The zero-order chi connectivity index (χ0) is 7.98. The van der Waals surface area contributed by atoms with Crippen LogP contribution in [0.2, 0.25) is 0 Å². The Kier molecular flexibility index (Phi) is 5.58. The van der Waals surface area contributed by atoms with Crippen molar-refractivity contribution in [3.8, 4) is 0 Å². The molecule has 10 heavy (non-hydrogen) atoms. The minimum Gasteiger partial charge on any atom is -0.389 e. The number of likely N-dealkylation sites (N-methyl/N-ethyl adjacent to an activating group) is 1. The maximum Gasteiger partial charge on any atom is 0.109 e. The summed E-state index contributed by atoms with van der Waals surface area (Å²) in [6, 6.07) is 0. The summed E-state index contributed by atoms with van der Waals surface area (Å²) in [6.45, 7) is 5.94. The Morgan fingerprint density at radius 1 is 1.40 bits per heavy atom. The van der Waals surface area contributed by atoms with Crippen LogP contribution in [0.25, 0.3) is 0 Å². The smallest absolute Gasteiger partial charge is 0.109 e. The molecule has 0 rings (SSSR count). The van der Waals surface area contributed by atoms with Gasteiger partial charge in [-0.3, -0.25) is 0 Å². The molecule has 1 atom stereocenters. The highest BCUT2D eigenvalue weighted by molar-refractivity contribution is 4.59. The van der Waals surface area contributed by atoms with Crippen molar-refractivity contribution in [3.05, 3.63) is 0 Å². The second kappa shape index (κ2) is 5.65. The predicted octanol–water partition coefficient (Wildman–Crippen LogP) is 0.120. The molecule has 0 saturated heterocycles. The van der Waals surface area contributed by atoms with Gasteiger partial charge in [-0.1, -0.05) is 13.8 Å². The van der Waals surface area contributed by atoms with Gasteiger partial charge in [-0.15, -0.1) is 0 Å². The van der Waals surface area contributed by atoms with Gasteiger partial charge in [0.15, 0.2) is 0 Å². The molecule has 0 saturated carbocycles. The lowest BCUT2D eigenvalue weighted by atomic mass is 10.3. The van der Waals surface area contributed by atoms with E-state index in [1.807, 2.05) is 18.7 Å². The van der Waals surface area contributed by atoms with Crippen LogP contribution in [0.5, 0.6) is 0 Å². The van der Waals surface area contributed by atoms with Crippen LogP contribution in [0.1, 0.15) is 13.8 Å². The first-order valence-corrected chi connectivity index (χ1v) is 3.73. The summed E-state index contributed by atoms with van der Waals surface area (Å²) >= 11 is 0. The van der Waals surface area contributed by atoms with Crippen LogP contribution < -0.4 is 0 Å². The van der Waals surface area contributed by atoms with Crippen LogP contribution in [-0.2, 0) is 5.11 Å². The van der Waals surface area contributed by atoms with Gasteiger partial charge in [0.05, 0.1) is 6.10 Å². The predicted molar refractivity (Wildman–Crippen MR) is 39.3 cm³/mol. The number of hydrogen-bond acceptors (Lipinski definition) is 2.